The molecule has 0 aliphatic carbocycles. The van der Waals surface area contributed by atoms with Gasteiger partial charge in [-0.3, -0.25) is 14.2 Å². The number of carbonyl (C=O) groups excluding carboxylic acids is 1. The van der Waals surface area contributed by atoms with Gasteiger partial charge in [0.15, 0.2) is 0 Å². The molecule has 1 amide bonds. The van der Waals surface area contributed by atoms with Gasteiger partial charge in [-0.25, -0.2) is 10.4 Å². The molecule has 0 radical (unpaired) electrons. The van der Waals surface area contributed by atoms with Crippen LogP contribution in [0.25, 0.3) is 11.0 Å². The average molecular weight is 287 g/mol. The Morgan fingerprint density at radius 2 is 2.21 bits per heavy atom. The molecule has 2 rings (SSSR count). The topological polar surface area (TPSA) is 85.0 Å². The Morgan fingerprint density at radius 1 is 1.53 bits per heavy atom. The fourth-order valence-corrected chi connectivity index (χ4v) is 1.81. The zero-order valence-electron chi connectivity index (χ0n) is 9.82. The number of rotatable bonds is 3. The number of benzene rings is 1. The molecule has 0 spiro atoms. The lowest BCUT2D eigenvalue weighted by atomic mass is 10.1. The number of halogens is 2. The summed E-state index contributed by atoms with van der Waals surface area (Å²) in [5.74, 6) is -5.05. The number of thiol groups is 1. The van der Waals surface area contributed by atoms with Crippen molar-refractivity contribution >= 4 is 35.7 Å². The van der Waals surface area contributed by atoms with Crippen LogP contribution in [-0.2, 0) is 10.7 Å². The minimum Gasteiger partial charge on any atom is -0.368 e. The first-order valence-corrected chi connectivity index (χ1v) is 5.60. The average Bonchev–Trinajstić information content (AvgIpc) is 2.65. The number of hydrazine groups is 1. The molecule has 0 unspecified atom stereocenters. The number of nitrogen functional groups attached to an aromatic ring is 1. The van der Waals surface area contributed by atoms with Crippen molar-refractivity contribution in [1.29, 1.82) is 0 Å². The predicted molar refractivity (Wildman–Crippen MR) is 69.6 cm³/mol. The Bertz CT molecular complexity index is 642. The predicted octanol–water partition coefficient (Wildman–Crippen LogP) is 0.654. The van der Waals surface area contributed by atoms with Crippen LogP contribution in [-0.4, -0.2) is 21.9 Å². The first-order chi connectivity index (χ1) is 8.87. The van der Waals surface area contributed by atoms with E-state index in [4.69, 9.17) is 5.73 Å². The van der Waals surface area contributed by atoms with E-state index in [-0.39, 0.29) is 5.95 Å². The van der Waals surface area contributed by atoms with E-state index in [1.807, 2.05) is 5.43 Å². The summed E-state index contributed by atoms with van der Waals surface area (Å²) >= 11 is 4.02. The fraction of sp³-hybridized carbons (Fsp3) is 0.200. The molecule has 0 fully saturated rings. The summed E-state index contributed by atoms with van der Waals surface area (Å²) in [4.78, 5) is 15.2. The number of aromatic nitrogens is 2. The lowest BCUT2D eigenvalue weighted by molar-refractivity contribution is -0.147. The maximum absolute atomic E-state index is 13.9. The van der Waals surface area contributed by atoms with E-state index in [0.717, 1.165) is 12.1 Å². The standard InChI is InChI=1S/C10H11F2N5OS/c1-14-16-8(18)10(11,12)5-2-3-6-7(4-5)17(19)9(13)15-6/h2-4,14,19H,1H3,(H2,13,15)(H,16,18). The molecule has 6 nitrogen and oxygen atoms in total. The summed E-state index contributed by atoms with van der Waals surface area (Å²) in [7, 11) is 1.32. The lowest BCUT2D eigenvalue weighted by Crippen LogP contribution is -2.44. The number of imidazole rings is 1. The fourth-order valence-electron chi connectivity index (χ4n) is 1.60. The largest absolute Gasteiger partial charge is 0.368 e. The quantitative estimate of drug-likeness (QED) is 0.493. The third-order valence-corrected chi connectivity index (χ3v) is 2.96. The lowest BCUT2D eigenvalue weighted by Gasteiger charge is -2.15. The number of nitrogens with one attached hydrogen (secondary N) is 2. The van der Waals surface area contributed by atoms with Crippen molar-refractivity contribution in [3.63, 3.8) is 0 Å². The molecule has 0 atom stereocenters. The second-order valence-electron chi connectivity index (χ2n) is 3.76. The number of amides is 1. The van der Waals surface area contributed by atoms with Crippen molar-refractivity contribution in [2.45, 2.75) is 5.92 Å². The highest BCUT2D eigenvalue weighted by atomic mass is 32.1. The Labute approximate surface area is 112 Å². The molecule has 9 heteroatoms. The SMILES string of the molecule is CNNC(=O)C(F)(F)c1ccc2nc(N)n(S)c2c1. The van der Waals surface area contributed by atoms with E-state index >= 15 is 0 Å². The third-order valence-electron chi connectivity index (χ3n) is 2.54. The van der Waals surface area contributed by atoms with E-state index in [9.17, 15) is 13.6 Å². The van der Waals surface area contributed by atoms with Crippen molar-refractivity contribution < 1.29 is 13.6 Å². The molecule has 1 heterocycles. The number of alkyl halides is 2. The van der Waals surface area contributed by atoms with Crippen LogP contribution in [0.3, 0.4) is 0 Å². The molecule has 0 aliphatic rings. The molecule has 1 aromatic heterocycles. The summed E-state index contributed by atoms with van der Waals surface area (Å²) in [6, 6.07) is 3.60. The van der Waals surface area contributed by atoms with Gasteiger partial charge in [0.1, 0.15) is 0 Å². The van der Waals surface area contributed by atoms with Crippen LogP contribution in [0, 0.1) is 0 Å². The van der Waals surface area contributed by atoms with Gasteiger partial charge in [0, 0.05) is 12.6 Å². The number of hydrogen-bond donors (Lipinski definition) is 4. The van der Waals surface area contributed by atoms with Crippen molar-refractivity contribution in [2.75, 3.05) is 12.8 Å². The first kappa shape index (κ1) is 13.6. The van der Waals surface area contributed by atoms with E-state index in [2.05, 4.69) is 23.2 Å². The minimum atomic E-state index is -3.68. The van der Waals surface area contributed by atoms with E-state index in [1.54, 1.807) is 0 Å². The normalized spacial score (nSPS) is 11.8. The maximum atomic E-state index is 13.9. The van der Waals surface area contributed by atoms with Crippen LogP contribution < -0.4 is 16.6 Å². The van der Waals surface area contributed by atoms with Crippen molar-refractivity contribution in [1.82, 2.24) is 19.8 Å². The van der Waals surface area contributed by atoms with Crippen molar-refractivity contribution in [3.05, 3.63) is 23.8 Å². The van der Waals surface area contributed by atoms with Crippen LogP contribution in [0.4, 0.5) is 14.7 Å². The Kier molecular flexibility index (Phi) is 3.33. The Hall–Kier alpha value is -1.87. The minimum absolute atomic E-state index is 0.0819. The number of nitrogens with two attached hydrogens (primary N) is 1. The first-order valence-electron chi connectivity index (χ1n) is 5.20. The summed E-state index contributed by atoms with van der Waals surface area (Å²) in [6.07, 6.45) is 0. The van der Waals surface area contributed by atoms with Gasteiger partial charge in [0.05, 0.1) is 11.0 Å². The zero-order valence-corrected chi connectivity index (χ0v) is 10.7. The highest BCUT2D eigenvalue weighted by Gasteiger charge is 2.41. The third kappa shape index (κ3) is 2.22. The van der Waals surface area contributed by atoms with E-state index in [1.165, 1.54) is 17.1 Å². The summed E-state index contributed by atoms with van der Waals surface area (Å²) < 4.78 is 28.9. The monoisotopic (exact) mass is 287 g/mol. The highest BCUT2D eigenvalue weighted by Crippen LogP contribution is 2.31. The van der Waals surface area contributed by atoms with Gasteiger partial charge in [0.25, 0.3) is 0 Å². The Morgan fingerprint density at radius 3 is 2.84 bits per heavy atom. The number of nitrogens with zero attached hydrogens (tertiary/aromatic N) is 2. The van der Waals surface area contributed by atoms with Gasteiger partial charge in [0.2, 0.25) is 5.95 Å². The van der Waals surface area contributed by atoms with E-state index in [0.29, 0.717) is 11.0 Å². The number of carbonyl (C=O) groups is 1. The molecule has 102 valence electrons. The van der Waals surface area contributed by atoms with Crippen molar-refractivity contribution in [2.24, 2.45) is 0 Å². The number of hydrogen-bond acceptors (Lipinski definition) is 5. The van der Waals surface area contributed by atoms with Gasteiger partial charge in [-0.1, -0.05) is 18.9 Å². The van der Waals surface area contributed by atoms with Crippen molar-refractivity contribution in [3.8, 4) is 0 Å². The second kappa shape index (κ2) is 4.67. The van der Waals surface area contributed by atoms with Crippen LogP contribution in [0.2, 0.25) is 0 Å². The van der Waals surface area contributed by atoms with E-state index < -0.39 is 17.4 Å². The molecule has 0 saturated carbocycles. The number of fused-ring (bicyclic) bond motifs is 1. The van der Waals surface area contributed by atoms with Gasteiger partial charge in [-0.15, -0.1) is 0 Å². The smallest absolute Gasteiger partial charge is 0.351 e. The molecule has 1 aromatic carbocycles. The van der Waals surface area contributed by atoms with Crippen LogP contribution in [0.15, 0.2) is 18.2 Å². The molecular formula is C10H11F2N5OS. The molecular weight excluding hydrogens is 276 g/mol. The van der Waals surface area contributed by atoms with Crippen LogP contribution in [0.5, 0.6) is 0 Å². The summed E-state index contributed by atoms with van der Waals surface area (Å²) in [6.45, 7) is 0. The number of anilines is 1. The van der Waals surface area contributed by atoms with Crippen LogP contribution in [0.1, 0.15) is 5.56 Å². The van der Waals surface area contributed by atoms with Gasteiger partial charge in [-0.2, -0.15) is 8.78 Å². The summed E-state index contributed by atoms with van der Waals surface area (Å²) in [5, 5.41) is 0. The van der Waals surface area contributed by atoms with Gasteiger partial charge < -0.3 is 5.73 Å². The highest BCUT2D eigenvalue weighted by molar-refractivity contribution is 7.78. The van der Waals surface area contributed by atoms with Gasteiger partial charge >= 0.3 is 11.8 Å². The summed E-state index contributed by atoms with van der Waals surface area (Å²) in [5.41, 5.74) is 9.78. The molecule has 19 heavy (non-hydrogen) atoms. The van der Waals surface area contributed by atoms with Crippen LogP contribution >= 0.6 is 12.8 Å². The molecule has 4 N–H and O–H groups in total. The molecule has 0 aliphatic heterocycles. The second-order valence-corrected chi connectivity index (χ2v) is 4.16. The maximum Gasteiger partial charge on any atom is 0.351 e. The zero-order chi connectivity index (χ0) is 14.2. The van der Waals surface area contributed by atoms with Gasteiger partial charge in [-0.05, 0) is 12.1 Å². The molecule has 0 bridgehead atoms. The Balaban J connectivity index is 2.51. The molecule has 2 aromatic rings. The molecule has 0 saturated heterocycles.